The van der Waals surface area contributed by atoms with E-state index in [4.69, 9.17) is 5.11 Å². The van der Waals surface area contributed by atoms with Crippen molar-refractivity contribution in [2.24, 2.45) is 51.2 Å². The average Bonchev–Trinajstić information content (AvgIpc) is 3.25. The van der Waals surface area contributed by atoms with E-state index in [-0.39, 0.29) is 11.5 Å². The molecule has 0 aliphatic heterocycles. The highest BCUT2D eigenvalue weighted by molar-refractivity contribution is 5.76. The van der Waals surface area contributed by atoms with Gasteiger partial charge in [-0.3, -0.25) is 4.79 Å². The first-order chi connectivity index (χ1) is 16.5. The summed E-state index contributed by atoms with van der Waals surface area (Å²) in [4.78, 5) is 12.4. The molecule has 0 saturated heterocycles. The first-order valence-corrected chi connectivity index (χ1v) is 15.4. The number of aliphatic hydroxyl groups excluding tert-OH is 1. The summed E-state index contributed by atoms with van der Waals surface area (Å²) in [6.07, 6.45) is 18.0. The minimum absolute atomic E-state index is 0.0509. The third kappa shape index (κ3) is 4.13. The highest BCUT2D eigenvalue weighted by Crippen LogP contribution is 2.75. The molecule has 3 nitrogen and oxygen atoms in total. The van der Waals surface area contributed by atoms with Gasteiger partial charge in [-0.25, -0.2) is 0 Å². The van der Waals surface area contributed by atoms with Gasteiger partial charge >= 0.3 is 5.97 Å². The van der Waals surface area contributed by atoms with Gasteiger partial charge in [0.05, 0.1) is 11.5 Å². The maximum Gasteiger partial charge on any atom is 0.309 e. The van der Waals surface area contributed by atoms with Crippen LogP contribution in [0.25, 0.3) is 0 Å². The van der Waals surface area contributed by atoms with Crippen LogP contribution in [0.15, 0.2) is 0 Å². The fourth-order valence-electron chi connectivity index (χ4n) is 11.2. The van der Waals surface area contributed by atoms with Crippen molar-refractivity contribution in [3.05, 3.63) is 0 Å². The van der Waals surface area contributed by atoms with Gasteiger partial charge < -0.3 is 10.2 Å². The van der Waals surface area contributed by atoms with Crippen LogP contribution in [0.1, 0.15) is 138 Å². The Bertz CT molecular complexity index is 764. The number of hydrogen-bond acceptors (Lipinski definition) is 2. The molecule has 3 heteroatoms. The lowest BCUT2D eigenvalue weighted by atomic mass is 9.33. The molecule has 0 spiro atoms. The smallest absolute Gasteiger partial charge is 0.309 e. The number of hydrogen-bond donors (Lipinski definition) is 2. The van der Waals surface area contributed by atoms with E-state index in [0.29, 0.717) is 28.1 Å². The topological polar surface area (TPSA) is 57.5 Å². The molecule has 0 radical (unpaired) electrons. The van der Waals surface area contributed by atoms with Crippen LogP contribution in [0.2, 0.25) is 0 Å². The van der Waals surface area contributed by atoms with E-state index in [1.165, 1.54) is 51.4 Å². The van der Waals surface area contributed by atoms with E-state index < -0.39 is 5.97 Å². The first kappa shape index (κ1) is 27.5. The molecule has 10 atom stereocenters. The second kappa shape index (κ2) is 9.95. The number of carboxylic acids is 1. The molecular weight excluding hydrogens is 432 g/mol. The van der Waals surface area contributed by atoms with Gasteiger partial charge in [-0.15, -0.1) is 0 Å². The minimum atomic E-state index is -0.471. The van der Waals surface area contributed by atoms with Crippen molar-refractivity contribution in [2.75, 3.05) is 0 Å². The van der Waals surface area contributed by atoms with Crippen LogP contribution >= 0.6 is 0 Å². The molecule has 0 bridgehead atoms. The third-order valence-electron chi connectivity index (χ3n) is 13.3. The van der Waals surface area contributed by atoms with Gasteiger partial charge in [-0.1, -0.05) is 67.2 Å². The van der Waals surface area contributed by atoms with Gasteiger partial charge in [0.1, 0.15) is 0 Å². The van der Waals surface area contributed by atoms with Gasteiger partial charge in [-0.2, -0.15) is 0 Å². The lowest BCUT2D eigenvalue weighted by Gasteiger charge is -2.71. The molecule has 5 aliphatic rings. The summed E-state index contributed by atoms with van der Waals surface area (Å²) in [5.41, 5.74) is 0.896. The van der Waals surface area contributed by atoms with Crippen molar-refractivity contribution >= 4 is 5.97 Å². The predicted octanol–water partition coefficient (Wildman–Crippen LogP) is 8.48. The highest BCUT2D eigenvalue weighted by atomic mass is 16.4. The van der Waals surface area contributed by atoms with E-state index in [2.05, 4.69) is 34.6 Å². The Labute approximate surface area is 216 Å². The summed E-state index contributed by atoms with van der Waals surface area (Å²) in [6, 6.07) is 0. The van der Waals surface area contributed by atoms with Crippen molar-refractivity contribution in [2.45, 2.75) is 144 Å². The Kier molecular flexibility index (Phi) is 7.81. The van der Waals surface area contributed by atoms with E-state index >= 15 is 0 Å². The minimum Gasteiger partial charge on any atom is -0.481 e. The molecule has 202 valence electrons. The Morgan fingerprint density at radius 1 is 0.829 bits per heavy atom. The van der Waals surface area contributed by atoms with E-state index in [1.807, 2.05) is 6.92 Å². The highest BCUT2D eigenvalue weighted by Gasteiger charge is 2.69. The molecular formula is C32H56O3. The Morgan fingerprint density at radius 2 is 1.54 bits per heavy atom. The van der Waals surface area contributed by atoms with E-state index in [9.17, 15) is 9.90 Å². The Hall–Kier alpha value is -0.570. The summed E-state index contributed by atoms with van der Waals surface area (Å²) in [5.74, 6) is 3.28. The molecule has 0 aromatic rings. The second-order valence-corrected chi connectivity index (χ2v) is 14.4. The molecule has 5 saturated carbocycles. The normalized spacial score (nSPS) is 49.4. The number of aliphatic hydroxyl groups is 1. The molecule has 5 aliphatic carbocycles. The number of aliphatic carboxylic acids is 1. The summed E-state index contributed by atoms with van der Waals surface area (Å²) in [7, 11) is 0. The zero-order chi connectivity index (χ0) is 25.6. The van der Waals surface area contributed by atoms with Crippen LogP contribution in [-0.4, -0.2) is 22.3 Å². The molecule has 5 rings (SSSR count). The lowest BCUT2D eigenvalue weighted by Crippen LogP contribution is -2.64. The monoisotopic (exact) mass is 488 g/mol. The van der Waals surface area contributed by atoms with Gasteiger partial charge in [0, 0.05) is 0 Å². The third-order valence-corrected chi connectivity index (χ3v) is 13.3. The number of rotatable bonds is 4. The van der Waals surface area contributed by atoms with Gasteiger partial charge in [0.25, 0.3) is 0 Å². The maximum atomic E-state index is 12.4. The zero-order valence-corrected chi connectivity index (χ0v) is 23.9. The summed E-state index contributed by atoms with van der Waals surface area (Å²) in [5, 5.41) is 19.1. The Morgan fingerprint density at radius 3 is 2.17 bits per heavy atom. The van der Waals surface area contributed by atoms with E-state index in [0.717, 1.165) is 62.7 Å². The molecule has 9 unspecified atom stereocenters. The van der Waals surface area contributed by atoms with Gasteiger partial charge in [0.15, 0.2) is 0 Å². The second-order valence-electron chi connectivity index (χ2n) is 14.4. The van der Waals surface area contributed by atoms with Crippen molar-refractivity contribution in [3.63, 3.8) is 0 Å². The summed E-state index contributed by atoms with van der Waals surface area (Å²) < 4.78 is 0. The summed E-state index contributed by atoms with van der Waals surface area (Å²) >= 11 is 0. The fourth-order valence-corrected chi connectivity index (χ4v) is 11.2. The van der Waals surface area contributed by atoms with Crippen molar-refractivity contribution in [1.82, 2.24) is 0 Å². The van der Waals surface area contributed by atoms with Crippen LogP contribution in [0.3, 0.4) is 0 Å². The van der Waals surface area contributed by atoms with Gasteiger partial charge in [0.2, 0.25) is 0 Å². The molecule has 2 N–H and O–H groups in total. The lowest BCUT2D eigenvalue weighted by molar-refractivity contribution is -0.227. The number of carboxylic acid groups (broad SMARTS) is 1. The molecule has 0 aromatic carbocycles. The zero-order valence-electron chi connectivity index (χ0n) is 23.9. The quantitative estimate of drug-likeness (QED) is 0.417. The number of carbonyl (C=O) groups is 1. The molecule has 0 amide bonds. The molecule has 5 fully saturated rings. The Balaban J connectivity index is 0.000000364. The molecule has 35 heavy (non-hydrogen) atoms. The largest absolute Gasteiger partial charge is 0.481 e. The van der Waals surface area contributed by atoms with Crippen LogP contribution < -0.4 is 0 Å². The standard InChI is InChI=1S/C26H42O2.C6H14O/c1-17-7-5-12-23(2)18(17)11-14-25(4)21(23)10-9-19-20-8-6-13-26(20,22(27)28)16-15-24(19,25)3;1-3-5-6(7)4-2/h17-21H,5-16H2,1-4H3,(H,27,28);6-7H,3-5H2,1-2H3/t17?,18?,19?,20?,21?,23?,24-,25?,26?;/m1./s1. The number of fused-ring (bicyclic) bond motifs is 7. The maximum absolute atomic E-state index is 12.4. The van der Waals surface area contributed by atoms with Crippen molar-refractivity contribution in [3.8, 4) is 0 Å². The average molecular weight is 489 g/mol. The van der Waals surface area contributed by atoms with E-state index in [1.54, 1.807) is 0 Å². The fraction of sp³-hybridized carbons (Fsp3) is 0.969. The van der Waals surface area contributed by atoms with Gasteiger partial charge in [-0.05, 0) is 116 Å². The van der Waals surface area contributed by atoms with Crippen LogP contribution in [0, 0.1) is 51.2 Å². The SMILES string of the molecule is CC1CCCC2(C)C1CCC1(C)C2CCC2C3CCCC3(C(=O)O)CC[C@]21C.CCCC(O)CC. The van der Waals surface area contributed by atoms with Crippen LogP contribution in [0.5, 0.6) is 0 Å². The predicted molar refractivity (Wildman–Crippen MR) is 144 cm³/mol. The molecule has 0 heterocycles. The first-order valence-electron chi connectivity index (χ1n) is 15.4. The molecule has 0 aromatic heterocycles. The summed E-state index contributed by atoms with van der Waals surface area (Å²) in [6.45, 7) is 14.5. The van der Waals surface area contributed by atoms with Crippen molar-refractivity contribution < 1.29 is 15.0 Å². The van der Waals surface area contributed by atoms with Crippen LogP contribution in [-0.2, 0) is 4.79 Å². The van der Waals surface area contributed by atoms with Crippen LogP contribution in [0.4, 0.5) is 0 Å². The van der Waals surface area contributed by atoms with Crippen molar-refractivity contribution in [1.29, 1.82) is 0 Å².